The highest BCUT2D eigenvalue weighted by Gasteiger charge is 2.21. The number of halogens is 2. The second-order valence-corrected chi connectivity index (χ2v) is 7.39. The number of nitrogens with zero attached hydrogens (tertiary/aromatic N) is 3. The highest BCUT2D eigenvalue weighted by Crippen LogP contribution is 2.18. The molecule has 1 unspecified atom stereocenters. The molecule has 2 aromatic rings. The van der Waals surface area contributed by atoms with E-state index in [0.717, 1.165) is 38.3 Å². The summed E-state index contributed by atoms with van der Waals surface area (Å²) < 4.78 is 13.0. The minimum atomic E-state index is -0.763. The average molecular weight is 527 g/mol. The Morgan fingerprint density at radius 2 is 1.93 bits per heavy atom. The van der Waals surface area contributed by atoms with Crippen LogP contribution < -0.4 is 15.5 Å². The Labute approximate surface area is 195 Å². The maximum absolute atomic E-state index is 13.0. The fourth-order valence-electron chi connectivity index (χ4n) is 3.38. The van der Waals surface area contributed by atoms with Crippen molar-refractivity contribution in [3.63, 3.8) is 0 Å². The second kappa shape index (κ2) is 12.0. The number of rotatable bonds is 6. The molecule has 2 heterocycles. The Bertz CT molecular complexity index is 792. The van der Waals surface area contributed by atoms with Gasteiger partial charge in [-0.05, 0) is 56.0 Å². The van der Waals surface area contributed by atoms with Crippen LogP contribution in [0.4, 0.5) is 10.2 Å². The summed E-state index contributed by atoms with van der Waals surface area (Å²) in [4.78, 5) is 11.3. The van der Waals surface area contributed by atoms with Crippen LogP contribution in [0.2, 0.25) is 0 Å². The SMILES string of the molecule is CCNC(=NCC(O)c1ccc(F)cc1)NC1CCN(c2ccc(C)cn2)CC1.I. The zero-order valence-corrected chi connectivity index (χ0v) is 19.8. The third-order valence-corrected chi connectivity index (χ3v) is 5.08. The van der Waals surface area contributed by atoms with Crippen LogP contribution in [-0.4, -0.2) is 48.3 Å². The van der Waals surface area contributed by atoms with Crippen molar-refractivity contribution in [1.82, 2.24) is 15.6 Å². The maximum atomic E-state index is 13.0. The molecule has 0 aliphatic carbocycles. The van der Waals surface area contributed by atoms with Gasteiger partial charge in [0.05, 0.1) is 12.6 Å². The van der Waals surface area contributed by atoms with Crippen LogP contribution in [0.1, 0.15) is 37.0 Å². The van der Waals surface area contributed by atoms with Crippen molar-refractivity contribution in [2.24, 2.45) is 4.99 Å². The number of aromatic nitrogens is 1. The molecule has 1 fully saturated rings. The first-order valence-electron chi connectivity index (χ1n) is 10.2. The number of aliphatic hydroxyl groups excluding tert-OH is 1. The molecule has 1 atom stereocenters. The van der Waals surface area contributed by atoms with E-state index in [4.69, 9.17) is 0 Å². The molecule has 0 spiro atoms. The van der Waals surface area contributed by atoms with E-state index in [9.17, 15) is 9.50 Å². The fraction of sp³-hybridized carbons (Fsp3) is 0.455. The summed E-state index contributed by atoms with van der Waals surface area (Å²) in [7, 11) is 0. The number of piperidine rings is 1. The van der Waals surface area contributed by atoms with Crippen LogP contribution >= 0.6 is 24.0 Å². The van der Waals surface area contributed by atoms with Crippen molar-refractivity contribution in [3.05, 3.63) is 59.5 Å². The first kappa shape index (κ1) is 24.3. The molecule has 3 rings (SSSR count). The summed E-state index contributed by atoms with van der Waals surface area (Å²) in [5, 5.41) is 17.0. The number of benzene rings is 1. The molecule has 30 heavy (non-hydrogen) atoms. The quantitative estimate of drug-likeness (QED) is 0.305. The van der Waals surface area contributed by atoms with Crippen LogP contribution in [0.3, 0.4) is 0 Å². The molecule has 1 aliphatic heterocycles. The minimum absolute atomic E-state index is 0. The molecule has 0 bridgehead atoms. The zero-order chi connectivity index (χ0) is 20.6. The first-order valence-corrected chi connectivity index (χ1v) is 10.2. The van der Waals surface area contributed by atoms with Gasteiger partial charge in [0.25, 0.3) is 0 Å². The smallest absolute Gasteiger partial charge is 0.191 e. The molecular weight excluding hydrogens is 496 g/mol. The van der Waals surface area contributed by atoms with E-state index in [-0.39, 0.29) is 36.3 Å². The van der Waals surface area contributed by atoms with Crippen molar-refractivity contribution < 1.29 is 9.50 Å². The number of pyridine rings is 1. The van der Waals surface area contributed by atoms with E-state index in [1.165, 1.54) is 17.7 Å². The molecule has 6 nitrogen and oxygen atoms in total. The van der Waals surface area contributed by atoms with Crippen LogP contribution in [0, 0.1) is 12.7 Å². The van der Waals surface area contributed by atoms with Gasteiger partial charge in [-0.2, -0.15) is 0 Å². The first-order chi connectivity index (χ1) is 14.0. The molecule has 164 valence electrons. The predicted octanol–water partition coefficient (Wildman–Crippen LogP) is 3.40. The van der Waals surface area contributed by atoms with Gasteiger partial charge in [0.1, 0.15) is 11.6 Å². The molecule has 1 aromatic heterocycles. The minimum Gasteiger partial charge on any atom is -0.386 e. The lowest BCUT2D eigenvalue weighted by molar-refractivity contribution is 0.187. The number of aliphatic imine (C=N–C) groups is 1. The molecule has 3 N–H and O–H groups in total. The van der Waals surface area contributed by atoms with Crippen LogP contribution in [0.15, 0.2) is 47.6 Å². The molecule has 1 aliphatic rings. The number of aryl methyl sites for hydroxylation is 1. The number of hydrogen-bond donors (Lipinski definition) is 3. The molecule has 0 saturated carbocycles. The molecule has 0 amide bonds. The Morgan fingerprint density at radius 1 is 1.23 bits per heavy atom. The second-order valence-electron chi connectivity index (χ2n) is 7.39. The van der Waals surface area contributed by atoms with Gasteiger partial charge in [-0.15, -0.1) is 24.0 Å². The number of hydrogen-bond acceptors (Lipinski definition) is 4. The monoisotopic (exact) mass is 527 g/mol. The van der Waals surface area contributed by atoms with Gasteiger partial charge in [0.2, 0.25) is 0 Å². The van der Waals surface area contributed by atoms with Crippen molar-refractivity contribution in [2.45, 2.75) is 38.8 Å². The van der Waals surface area contributed by atoms with Crippen LogP contribution in [-0.2, 0) is 0 Å². The highest BCUT2D eigenvalue weighted by atomic mass is 127. The van der Waals surface area contributed by atoms with Crippen LogP contribution in [0.5, 0.6) is 0 Å². The topological polar surface area (TPSA) is 72.8 Å². The molecular formula is C22H31FIN5O. The van der Waals surface area contributed by atoms with E-state index in [2.05, 4.69) is 37.6 Å². The number of guanidine groups is 1. The summed E-state index contributed by atoms with van der Waals surface area (Å²) in [6, 6.07) is 10.4. The number of anilines is 1. The normalized spacial score (nSPS) is 16.0. The average Bonchev–Trinajstić information content (AvgIpc) is 2.74. The number of aliphatic hydroxyl groups is 1. The molecule has 8 heteroatoms. The highest BCUT2D eigenvalue weighted by molar-refractivity contribution is 14.0. The van der Waals surface area contributed by atoms with Gasteiger partial charge in [-0.1, -0.05) is 18.2 Å². The molecule has 0 radical (unpaired) electrons. The van der Waals surface area contributed by atoms with Crippen molar-refractivity contribution >= 4 is 35.8 Å². The molecule has 1 aromatic carbocycles. The summed E-state index contributed by atoms with van der Waals surface area (Å²) in [5.41, 5.74) is 1.82. The van der Waals surface area contributed by atoms with E-state index < -0.39 is 6.10 Å². The predicted molar refractivity (Wildman–Crippen MR) is 130 cm³/mol. The third-order valence-electron chi connectivity index (χ3n) is 5.08. The van der Waals surface area contributed by atoms with Gasteiger partial charge in [-0.3, -0.25) is 4.99 Å². The lowest BCUT2D eigenvalue weighted by Gasteiger charge is -2.34. The van der Waals surface area contributed by atoms with Gasteiger partial charge in [0.15, 0.2) is 5.96 Å². The third kappa shape index (κ3) is 7.09. The van der Waals surface area contributed by atoms with Gasteiger partial charge >= 0.3 is 0 Å². The Hall–Kier alpha value is -1.94. The Balaban J connectivity index is 0.00000320. The van der Waals surface area contributed by atoms with E-state index >= 15 is 0 Å². The zero-order valence-electron chi connectivity index (χ0n) is 17.5. The summed E-state index contributed by atoms with van der Waals surface area (Å²) in [5.74, 6) is 1.41. The van der Waals surface area contributed by atoms with E-state index in [0.29, 0.717) is 17.6 Å². The van der Waals surface area contributed by atoms with E-state index in [1.807, 2.05) is 20.0 Å². The van der Waals surface area contributed by atoms with Crippen LogP contribution in [0.25, 0.3) is 0 Å². The maximum Gasteiger partial charge on any atom is 0.191 e. The van der Waals surface area contributed by atoms with Gasteiger partial charge < -0.3 is 20.6 Å². The van der Waals surface area contributed by atoms with Crippen molar-refractivity contribution in [2.75, 3.05) is 31.1 Å². The van der Waals surface area contributed by atoms with E-state index in [1.54, 1.807) is 12.1 Å². The summed E-state index contributed by atoms with van der Waals surface area (Å²) in [6.45, 7) is 6.88. The van der Waals surface area contributed by atoms with Gasteiger partial charge in [0, 0.05) is 31.9 Å². The fourth-order valence-corrected chi connectivity index (χ4v) is 3.38. The number of nitrogens with one attached hydrogen (secondary N) is 2. The summed E-state index contributed by atoms with van der Waals surface area (Å²) >= 11 is 0. The lowest BCUT2D eigenvalue weighted by atomic mass is 10.1. The Kier molecular flexibility index (Phi) is 9.77. The van der Waals surface area contributed by atoms with Gasteiger partial charge in [-0.25, -0.2) is 9.37 Å². The largest absolute Gasteiger partial charge is 0.386 e. The lowest BCUT2D eigenvalue weighted by Crippen LogP contribution is -2.49. The van der Waals surface area contributed by atoms with Crippen molar-refractivity contribution in [3.8, 4) is 0 Å². The summed E-state index contributed by atoms with van der Waals surface area (Å²) in [6.07, 6.45) is 3.11. The van der Waals surface area contributed by atoms with Crippen molar-refractivity contribution in [1.29, 1.82) is 0 Å². The molecule has 1 saturated heterocycles. The Morgan fingerprint density at radius 3 is 2.53 bits per heavy atom. The standard InChI is InChI=1S/C22H30FN5O.HI/c1-3-24-22(26-15-20(29)17-5-7-18(23)8-6-17)27-19-10-12-28(13-11-19)21-9-4-16(2)14-25-21;/h4-9,14,19-20,29H,3,10-13,15H2,1-2H3,(H2,24,26,27);1H.